The average Bonchev–Trinajstić information content (AvgIpc) is 2.43. The van der Waals surface area contributed by atoms with Gasteiger partial charge in [-0.1, -0.05) is 36.2 Å². The Balaban J connectivity index is 1.76. The molecule has 1 saturated carbocycles. The van der Waals surface area contributed by atoms with Gasteiger partial charge in [-0.05, 0) is 37.0 Å². The second kappa shape index (κ2) is 5.71. The van der Waals surface area contributed by atoms with Gasteiger partial charge in [0.15, 0.2) is 5.17 Å². The monoisotopic (exact) mass is 298 g/mol. The van der Waals surface area contributed by atoms with Gasteiger partial charge >= 0.3 is 0 Å². The first-order valence-corrected chi connectivity index (χ1v) is 8.01. The molecule has 1 heterocycles. The minimum atomic E-state index is -0.293. The van der Waals surface area contributed by atoms with Crippen LogP contribution in [0, 0.1) is 11.7 Å². The Bertz CT molecular complexity index is 506. The molecule has 1 aliphatic heterocycles. The highest BCUT2D eigenvalue weighted by Gasteiger charge is 2.29. The SMILES string of the molecule is Fc1ccc(Cl)cc1NC1=NC2CCCCC2CS1. The first-order valence-electron chi connectivity index (χ1n) is 6.65. The molecule has 5 heteroatoms. The number of aliphatic imine (C=N–C) groups is 1. The van der Waals surface area contributed by atoms with Crippen LogP contribution in [0.2, 0.25) is 5.02 Å². The zero-order chi connectivity index (χ0) is 13.2. The molecule has 1 aromatic rings. The topological polar surface area (TPSA) is 24.4 Å². The quantitative estimate of drug-likeness (QED) is 0.822. The van der Waals surface area contributed by atoms with E-state index < -0.39 is 0 Å². The van der Waals surface area contributed by atoms with E-state index in [1.54, 1.807) is 23.9 Å². The molecule has 0 bridgehead atoms. The van der Waals surface area contributed by atoms with Crippen LogP contribution in [-0.4, -0.2) is 17.0 Å². The number of anilines is 1. The Morgan fingerprint density at radius 1 is 1.32 bits per heavy atom. The Kier molecular flexibility index (Phi) is 3.99. The minimum Gasteiger partial charge on any atom is -0.333 e. The van der Waals surface area contributed by atoms with E-state index in [1.165, 1.54) is 25.3 Å². The lowest BCUT2D eigenvalue weighted by atomic mass is 9.86. The van der Waals surface area contributed by atoms with Crippen molar-refractivity contribution in [3.05, 3.63) is 29.0 Å². The number of fused-ring (bicyclic) bond motifs is 1. The van der Waals surface area contributed by atoms with Crippen LogP contribution in [0.5, 0.6) is 0 Å². The fraction of sp³-hybridized carbons (Fsp3) is 0.500. The van der Waals surface area contributed by atoms with Gasteiger partial charge in [0.05, 0.1) is 11.7 Å². The van der Waals surface area contributed by atoms with Crippen LogP contribution in [0.25, 0.3) is 0 Å². The van der Waals surface area contributed by atoms with Gasteiger partial charge < -0.3 is 5.32 Å². The molecule has 3 rings (SSSR count). The standard InChI is InChI=1S/C14H16ClFN2S/c15-10-5-6-11(16)13(7-10)18-14-17-12-4-2-1-3-9(12)8-19-14/h5-7,9,12H,1-4,8H2,(H,17,18). The Morgan fingerprint density at radius 2 is 2.16 bits per heavy atom. The number of hydrogen-bond acceptors (Lipinski definition) is 3. The Morgan fingerprint density at radius 3 is 3.05 bits per heavy atom. The highest BCUT2D eigenvalue weighted by molar-refractivity contribution is 8.14. The highest BCUT2D eigenvalue weighted by atomic mass is 35.5. The summed E-state index contributed by atoms with van der Waals surface area (Å²) in [5, 5.41) is 4.43. The van der Waals surface area contributed by atoms with Crippen LogP contribution in [0.3, 0.4) is 0 Å². The minimum absolute atomic E-state index is 0.293. The van der Waals surface area contributed by atoms with Crippen molar-refractivity contribution in [2.45, 2.75) is 31.7 Å². The average molecular weight is 299 g/mol. The Hall–Kier alpha value is -0.740. The van der Waals surface area contributed by atoms with Crippen molar-refractivity contribution < 1.29 is 4.39 Å². The van der Waals surface area contributed by atoms with E-state index in [2.05, 4.69) is 5.32 Å². The fourth-order valence-corrected chi connectivity index (χ4v) is 4.03. The molecule has 2 nitrogen and oxygen atoms in total. The van der Waals surface area contributed by atoms with E-state index in [9.17, 15) is 4.39 Å². The molecule has 2 aliphatic rings. The van der Waals surface area contributed by atoms with Gasteiger partial charge in [0.1, 0.15) is 5.82 Å². The van der Waals surface area contributed by atoms with Crippen molar-refractivity contribution in [1.29, 1.82) is 0 Å². The zero-order valence-electron chi connectivity index (χ0n) is 10.5. The van der Waals surface area contributed by atoms with E-state index in [-0.39, 0.29) is 5.82 Å². The summed E-state index contributed by atoms with van der Waals surface area (Å²) in [5.41, 5.74) is 0.410. The van der Waals surface area contributed by atoms with E-state index in [0.717, 1.165) is 17.3 Å². The summed E-state index contributed by atoms with van der Waals surface area (Å²) >= 11 is 7.58. The number of benzene rings is 1. The summed E-state index contributed by atoms with van der Waals surface area (Å²) in [7, 11) is 0. The molecule has 0 saturated heterocycles. The fourth-order valence-electron chi connectivity index (χ4n) is 2.70. The summed E-state index contributed by atoms with van der Waals surface area (Å²) in [5.74, 6) is 1.49. The van der Waals surface area contributed by atoms with E-state index in [1.807, 2.05) is 0 Å². The number of nitrogens with zero attached hydrogens (tertiary/aromatic N) is 1. The van der Waals surface area contributed by atoms with Gasteiger partial charge in [0.25, 0.3) is 0 Å². The van der Waals surface area contributed by atoms with Gasteiger partial charge in [0.2, 0.25) is 0 Å². The summed E-state index contributed by atoms with van der Waals surface area (Å²) in [6.07, 6.45) is 5.02. The molecule has 0 radical (unpaired) electrons. The van der Waals surface area contributed by atoms with Crippen LogP contribution in [0.15, 0.2) is 23.2 Å². The molecule has 102 valence electrons. The largest absolute Gasteiger partial charge is 0.333 e. The molecule has 1 N–H and O–H groups in total. The van der Waals surface area contributed by atoms with Crippen molar-refractivity contribution in [3.63, 3.8) is 0 Å². The van der Waals surface area contributed by atoms with Gasteiger partial charge in [-0.2, -0.15) is 0 Å². The molecule has 0 aromatic heterocycles. The van der Waals surface area contributed by atoms with Crippen molar-refractivity contribution in [3.8, 4) is 0 Å². The van der Waals surface area contributed by atoms with Crippen molar-refractivity contribution in [2.75, 3.05) is 11.1 Å². The van der Waals surface area contributed by atoms with Gasteiger partial charge in [0, 0.05) is 10.8 Å². The number of halogens is 2. The number of thioether (sulfide) groups is 1. The number of hydrogen-bond donors (Lipinski definition) is 1. The molecule has 1 fully saturated rings. The normalized spacial score (nSPS) is 26.5. The smallest absolute Gasteiger partial charge is 0.161 e. The molecule has 2 unspecified atom stereocenters. The van der Waals surface area contributed by atoms with Crippen LogP contribution < -0.4 is 5.32 Å². The number of amidine groups is 1. The lowest BCUT2D eigenvalue weighted by molar-refractivity contribution is 0.336. The van der Waals surface area contributed by atoms with Crippen LogP contribution in [-0.2, 0) is 0 Å². The van der Waals surface area contributed by atoms with Crippen molar-refractivity contribution >= 4 is 34.2 Å². The summed E-state index contributed by atoms with van der Waals surface area (Å²) in [6.45, 7) is 0. The second-order valence-corrected chi connectivity index (χ2v) is 6.55. The third-order valence-electron chi connectivity index (χ3n) is 3.76. The maximum atomic E-state index is 13.7. The first-order chi connectivity index (χ1) is 9.22. The lowest BCUT2D eigenvalue weighted by Crippen LogP contribution is -2.31. The molecule has 2 atom stereocenters. The highest BCUT2D eigenvalue weighted by Crippen LogP contribution is 2.34. The molecular formula is C14H16ClFN2S. The third-order valence-corrected chi connectivity index (χ3v) is 5.07. The van der Waals surface area contributed by atoms with Crippen LogP contribution in [0.4, 0.5) is 10.1 Å². The molecule has 0 spiro atoms. The predicted molar refractivity (Wildman–Crippen MR) is 80.7 cm³/mol. The maximum absolute atomic E-state index is 13.7. The number of nitrogens with one attached hydrogen (secondary N) is 1. The van der Waals surface area contributed by atoms with Crippen molar-refractivity contribution in [2.24, 2.45) is 10.9 Å². The van der Waals surface area contributed by atoms with Gasteiger partial charge in [-0.25, -0.2) is 4.39 Å². The van der Waals surface area contributed by atoms with Crippen LogP contribution >= 0.6 is 23.4 Å². The zero-order valence-corrected chi connectivity index (χ0v) is 12.1. The summed E-state index contributed by atoms with van der Waals surface area (Å²) < 4.78 is 13.7. The lowest BCUT2D eigenvalue weighted by Gasteiger charge is -2.32. The molecule has 1 aliphatic carbocycles. The van der Waals surface area contributed by atoms with E-state index >= 15 is 0 Å². The predicted octanol–water partition coefficient (Wildman–Crippen LogP) is 4.55. The van der Waals surface area contributed by atoms with Crippen LogP contribution in [0.1, 0.15) is 25.7 Å². The van der Waals surface area contributed by atoms with Gasteiger partial charge in [-0.3, -0.25) is 4.99 Å². The van der Waals surface area contributed by atoms with Crippen molar-refractivity contribution in [1.82, 2.24) is 0 Å². The summed E-state index contributed by atoms with van der Waals surface area (Å²) in [6, 6.07) is 4.95. The van der Waals surface area contributed by atoms with E-state index in [4.69, 9.17) is 16.6 Å². The molecular weight excluding hydrogens is 283 g/mol. The maximum Gasteiger partial charge on any atom is 0.161 e. The third kappa shape index (κ3) is 3.06. The van der Waals surface area contributed by atoms with E-state index in [0.29, 0.717) is 22.7 Å². The first kappa shape index (κ1) is 13.3. The Labute approximate surface area is 121 Å². The molecule has 0 amide bonds. The second-order valence-electron chi connectivity index (χ2n) is 5.11. The summed E-state index contributed by atoms with van der Waals surface area (Å²) in [4.78, 5) is 4.73. The van der Waals surface area contributed by atoms with Gasteiger partial charge in [-0.15, -0.1) is 0 Å². The molecule has 19 heavy (non-hydrogen) atoms. The number of rotatable bonds is 1. The molecule has 1 aromatic carbocycles.